The van der Waals surface area contributed by atoms with Crippen LogP contribution in [0, 0.1) is 20.5 Å². The second-order valence-corrected chi connectivity index (χ2v) is 2.27. The summed E-state index contributed by atoms with van der Waals surface area (Å²) in [6.07, 6.45) is 0. The molecule has 0 aromatic carbocycles. The van der Waals surface area contributed by atoms with E-state index in [1.165, 1.54) is 0 Å². The molecular formula is H8BeCl2O12. The summed E-state index contributed by atoms with van der Waals surface area (Å²) in [5, 5.41) is 0. The zero-order valence-corrected chi connectivity index (χ0v) is 8.24. The third-order valence-electron chi connectivity index (χ3n) is 0. The molecule has 0 rings (SSSR count). The molecule has 0 radical (unpaired) electrons. The Bertz CT molecular complexity index is 56.6. The summed E-state index contributed by atoms with van der Waals surface area (Å²) < 4.78 is 67.9. The van der Waals surface area contributed by atoms with Crippen LogP contribution in [0.4, 0.5) is 0 Å². The second-order valence-electron chi connectivity index (χ2n) is 0.756. The minimum atomic E-state index is -4.94. The minimum absolute atomic E-state index is 0. The normalized spacial score (nSPS) is 8.00. The predicted octanol–water partition coefficient (Wildman–Crippen LogP) is -13.2. The third kappa shape index (κ3) is 29700. The van der Waals surface area contributed by atoms with Crippen molar-refractivity contribution in [2.75, 3.05) is 0 Å². The Morgan fingerprint density at radius 2 is 0.400 bits per heavy atom. The minimum Gasteiger partial charge on any atom is -0.412 e. The largest absolute Gasteiger partial charge is 2.00 e. The fraction of sp³-hybridized carbons (Fsp3) is 0. The standard InChI is InChI=1S/Be.2ClHO4.4H2O/c;2*2-1(3,4)5;;;;/h;2*(H,2,3,4,5);4*1H2/q+2;;;;;;/p-2. The molecule has 0 amide bonds. The first-order valence-corrected chi connectivity index (χ1v) is 3.70. The van der Waals surface area contributed by atoms with Crippen molar-refractivity contribution < 1.29 is 79.7 Å². The quantitative estimate of drug-likeness (QED) is 0.382. The van der Waals surface area contributed by atoms with Crippen molar-refractivity contribution in [3.05, 3.63) is 0 Å². The summed E-state index contributed by atoms with van der Waals surface area (Å²) in [5.41, 5.74) is 0. The van der Waals surface area contributed by atoms with Crippen LogP contribution in [-0.2, 0) is 0 Å². The van der Waals surface area contributed by atoms with Crippen molar-refractivity contribution in [2.45, 2.75) is 0 Å². The molecule has 0 saturated carbocycles. The number of halogens is 2. The molecule has 12 nitrogen and oxygen atoms in total. The Kier molecular flexibility index (Phi) is 50.6. The van der Waals surface area contributed by atoms with Gasteiger partial charge in [0, 0.05) is 0 Å². The smallest absolute Gasteiger partial charge is 0.412 e. The molecule has 0 aliphatic heterocycles. The van der Waals surface area contributed by atoms with Crippen molar-refractivity contribution in [3.63, 3.8) is 0 Å². The third-order valence-corrected chi connectivity index (χ3v) is 0. The molecule has 0 aromatic heterocycles. The van der Waals surface area contributed by atoms with Crippen molar-refractivity contribution in [2.24, 2.45) is 0 Å². The van der Waals surface area contributed by atoms with Gasteiger partial charge in [-0.25, -0.2) is 37.3 Å². The first-order chi connectivity index (χ1) is 4.00. The van der Waals surface area contributed by atoms with Crippen LogP contribution in [-0.4, -0.2) is 32.0 Å². The Balaban J connectivity index is -0.0000000128. The second kappa shape index (κ2) is 16.7. The molecule has 0 aromatic rings. The van der Waals surface area contributed by atoms with Crippen LogP contribution in [0.2, 0.25) is 0 Å². The monoisotopic (exact) mass is 279 g/mol. The maximum absolute atomic E-state index is 8.49. The van der Waals surface area contributed by atoms with Crippen LogP contribution in [0.5, 0.6) is 0 Å². The van der Waals surface area contributed by atoms with Gasteiger partial charge < -0.3 is 21.9 Å². The van der Waals surface area contributed by atoms with E-state index in [0.29, 0.717) is 0 Å². The summed E-state index contributed by atoms with van der Waals surface area (Å²) in [7, 11) is -9.89. The molecule has 0 saturated heterocycles. The summed E-state index contributed by atoms with van der Waals surface area (Å²) in [6, 6.07) is 0. The van der Waals surface area contributed by atoms with E-state index >= 15 is 0 Å². The van der Waals surface area contributed by atoms with Gasteiger partial charge in [0.05, 0.1) is 0 Å². The summed E-state index contributed by atoms with van der Waals surface area (Å²) in [4.78, 5) is 0. The fourth-order valence-electron chi connectivity index (χ4n) is 0. The van der Waals surface area contributed by atoms with Gasteiger partial charge in [-0.05, 0) is 0 Å². The van der Waals surface area contributed by atoms with E-state index in [0.717, 1.165) is 0 Å². The van der Waals surface area contributed by atoms with E-state index in [2.05, 4.69) is 0 Å². The van der Waals surface area contributed by atoms with E-state index in [9.17, 15) is 0 Å². The summed E-state index contributed by atoms with van der Waals surface area (Å²) in [6.45, 7) is 0. The number of rotatable bonds is 0. The Labute approximate surface area is 90.5 Å². The van der Waals surface area contributed by atoms with E-state index in [-0.39, 0.29) is 32.0 Å². The number of hydrogen-bond acceptors (Lipinski definition) is 8. The zero-order valence-electron chi connectivity index (χ0n) is 6.73. The average molecular weight is 280 g/mol. The van der Waals surface area contributed by atoms with Gasteiger partial charge in [0.1, 0.15) is 0 Å². The predicted molar refractivity (Wildman–Crippen MR) is 20.2 cm³/mol. The molecule has 0 aliphatic rings. The maximum Gasteiger partial charge on any atom is 2.00 e. The van der Waals surface area contributed by atoms with Crippen molar-refractivity contribution in [1.29, 1.82) is 0 Å². The summed E-state index contributed by atoms with van der Waals surface area (Å²) >= 11 is 0. The van der Waals surface area contributed by atoms with Crippen LogP contribution in [0.25, 0.3) is 0 Å². The molecule has 15 heteroatoms. The average Bonchev–Trinajstić information content (AvgIpc) is 1.12. The van der Waals surface area contributed by atoms with Crippen molar-refractivity contribution in [3.8, 4) is 0 Å². The van der Waals surface area contributed by atoms with Crippen LogP contribution < -0.4 is 37.3 Å². The molecular weight excluding hydrogens is 272 g/mol. The van der Waals surface area contributed by atoms with E-state index in [1.807, 2.05) is 0 Å². The molecule has 0 aliphatic carbocycles. The summed E-state index contributed by atoms with van der Waals surface area (Å²) in [5.74, 6) is 0. The Morgan fingerprint density at radius 3 is 0.400 bits per heavy atom. The Morgan fingerprint density at radius 1 is 0.400 bits per heavy atom. The van der Waals surface area contributed by atoms with Crippen LogP contribution in [0.1, 0.15) is 0 Å². The van der Waals surface area contributed by atoms with Crippen LogP contribution >= 0.6 is 0 Å². The molecule has 8 N–H and O–H groups in total. The van der Waals surface area contributed by atoms with Gasteiger partial charge in [0.2, 0.25) is 0 Å². The molecule has 0 heterocycles. The van der Waals surface area contributed by atoms with E-state index in [4.69, 9.17) is 37.3 Å². The topological polar surface area (TPSA) is 310 Å². The fourth-order valence-corrected chi connectivity index (χ4v) is 0. The van der Waals surface area contributed by atoms with Gasteiger partial charge in [-0.1, -0.05) is 0 Å². The molecule has 0 atom stereocenters. The molecule has 0 spiro atoms. The van der Waals surface area contributed by atoms with Gasteiger partial charge in [-0.2, -0.15) is 0 Å². The zero-order chi connectivity index (χ0) is 9.00. The molecule has 0 bridgehead atoms. The van der Waals surface area contributed by atoms with Gasteiger partial charge in [-0.15, -0.1) is 20.5 Å². The SMILES string of the molecule is O.O.O.O.[Be+2].[O-][Cl+3]([O-])([O-])[O-].[O-][Cl+3]([O-])([O-])[O-]. The molecule has 96 valence electrons. The first kappa shape index (κ1) is 45.5. The Hall–Kier alpha value is 0.269. The van der Waals surface area contributed by atoms with Crippen molar-refractivity contribution in [1.82, 2.24) is 0 Å². The molecule has 0 unspecified atom stereocenters. The van der Waals surface area contributed by atoms with Gasteiger partial charge in [0.25, 0.3) is 0 Å². The van der Waals surface area contributed by atoms with Gasteiger partial charge in [0.15, 0.2) is 0 Å². The first-order valence-electron chi connectivity index (χ1n) is 1.23. The van der Waals surface area contributed by atoms with Gasteiger partial charge in [-0.3, -0.25) is 0 Å². The maximum atomic E-state index is 8.49. The van der Waals surface area contributed by atoms with Crippen LogP contribution in [0.15, 0.2) is 0 Å². The van der Waals surface area contributed by atoms with E-state index in [1.54, 1.807) is 0 Å². The number of hydrogen-bond donors (Lipinski definition) is 0. The van der Waals surface area contributed by atoms with Crippen molar-refractivity contribution >= 4 is 10.1 Å². The molecule has 0 fully saturated rings. The van der Waals surface area contributed by atoms with E-state index < -0.39 is 20.5 Å². The van der Waals surface area contributed by atoms with Gasteiger partial charge >= 0.3 is 10.1 Å². The molecule has 15 heavy (non-hydrogen) atoms. The van der Waals surface area contributed by atoms with Crippen LogP contribution in [0.3, 0.4) is 0 Å².